The number of hydrogen-bond donors (Lipinski definition) is 1. The van der Waals surface area contributed by atoms with Gasteiger partial charge in [-0.2, -0.15) is 0 Å². The topological polar surface area (TPSA) is 24.4 Å². The Labute approximate surface area is 111 Å². The van der Waals surface area contributed by atoms with Crippen molar-refractivity contribution >= 4 is 22.9 Å². The molecule has 0 spiro atoms. The van der Waals surface area contributed by atoms with Crippen LogP contribution >= 0.6 is 11.6 Å². The molecule has 2 atom stereocenters. The van der Waals surface area contributed by atoms with Crippen LogP contribution in [0.1, 0.15) is 18.4 Å². The van der Waals surface area contributed by atoms with Crippen LogP contribution in [-0.2, 0) is 0 Å². The first-order valence-electron chi connectivity index (χ1n) is 6.11. The van der Waals surface area contributed by atoms with E-state index >= 15 is 0 Å². The molecule has 0 amide bonds. The van der Waals surface area contributed by atoms with Gasteiger partial charge in [-0.3, -0.25) is 4.99 Å². The van der Waals surface area contributed by atoms with Crippen molar-refractivity contribution in [1.29, 1.82) is 0 Å². The van der Waals surface area contributed by atoms with Crippen LogP contribution in [0.25, 0.3) is 5.57 Å². The lowest BCUT2D eigenvalue weighted by atomic mass is 9.99. The third kappa shape index (κ3) is 2.33. The Morgan fingerprint density at radius 3 is 3.00 bits per heavy atom. The summed E-state index contributed by atoms with van der Waals surface area (Å²) in [5, 5.41) is 3.89. The Bertz CT molecular complexity index is 524. The maximum Gasteiger partial charge on any atom is 0.114 e. The van der Waals surface area contributed by atoms with E-state index in [1.165, 1.54) is 0 Å². The van der Waals surface area contributed by atoms with Crippen molar-refractivity contribution < 1.29 is 4.39 Å². The molecule has 1 fully saturated rings. The second-order valence-electron chi connectivity index (χ2n) is 4.76. The summed E-state index contributed by atoms with van der Waals surface area (Å²) < 4.78 is 13.1. The zero-order valence-electron chi connectivity index (χ0n) is 9.87. The molecule has 0 radical (unpaired) electrons. The lowest BCUT2D eigenvalue weighted by Gasteiger charge is -2.10. The molecular formula is C14H14ClFN2. The molecule has 18 heavy (non-hydrogen) atoms. The number of halogens is 2. The minimum Gasteiger partial charge on any atom is -0.306 e. The average Bonchev–Trinajstić information content (AvgIpc) is 2.97. The monoisotopic (exact) mass is 264 g/mol. The van der Waals surface area contributed by atoms with Crippen molar-refractivity contribution in [3.05, 3.63) is 41.1 Å². The van der Waals surface area contributed by atoms with Gasteiger partial charge in [0.25, 0.3) is 0 Å². The molecule has 0 unspecified atom stereocenters. The molecule has 2 heterocycles. The number of hydrogen-bond acceptors (Lipinski definition) is 2. The van der Waals surface area contributed by atoms with Crippen molar-refractivity contribution in [1.82, 2.24) is 5.32 Å². The second-order valence-corrected chi connectivity index (χ2v) is 5.19. The normalized spacial score (nSPS) is 27.2. The Kier molecular flexibility index (Phi) is 3.18. The molecule has 0 aliphatic carbocycles. The van der Waals surface area contributed by atoms with Crippen LogP contribution in [0.5, 0.6) is 0 Å². The second kappa shape index (κ2) is 4.82. The lowest BCUT2D eigenvalue weighted by Crippen LogP contribution is -2.29. The number of alkyl halides is 1. The van der Waals surface area contributed by atoms with Gasteiger partial charge in [0.1, 0.15) is 6.17 Å². The van der Waals surface area contributed by atoms with Gasteiger partial charge in [-0.15, -0.1) is 0 Å². The van der Waals surface area contributed by atoms with Crippen LogP contribution in [0, 0.1) is 0 Å². The van der Waals surface area contributed by atoms with Gasteiger partial charge in [0.15, 0.2) is 0 Å². The summed E-state index contributed by atoms with van der Waals surface area (Å²) in [7, 11) is 0. The van der Waals surface area contributed by atoms with Gasteiger partial charge in [0.05, 0.1) is 0 Å². The highest BCUT2D eigenvalue weighted by Crippen LogP contribution is 2.28. The fourth-order valence-electron chi connectivity index (χ4n) is 2.47. The Hall–Kier alpha value is -1.19. The number of nitrogens with one attached hydrogen (secondary N) is 1. The van der Waals surface area contributed by atoms with E-state index in [4.69, 9.17) is 11.6 Å². The first-order chi connectivity index (χ1) is 8.72. The highest BCUT2D eigenvalue weighted by Gasteiger charge is 2.29. The molecule has 1 aromatic carbocycles. The van der Waals surface area contributed by atoms with Crippen LogP contribution in [0.2, 0.25) is 5.02 Å². The van der Waals surface area contributed by atoms with Gasteiger partial charge in [-0.25, -0.2) is 4.39 Å². The molecule has 94 valence electrons. The van der Waals surface area contributed by atoms with Gasteiger partial charge in [0.2, 0.25) is 0 Å². The van der Waals surface area contributed by atoms with E-state index in [0.717, 1.165) is 28.3 Å². The predicted octanol–water partition coefficient (Wildman–Crippen LogP) is 3.23. The minimum atomic E-state index is -0.743. The molecule has 1 N–H and O–H groups in total. The summed E-state index contributed by atoms with van der Waals surface area (Å²) in [6.07, 6.45) is 2.45. The van der Waals surface area contributed by atoms with Crippen LogP contribution in [0.15, 0.2) is 35.5 Å². The molecule has 2 nitrogen and oxygen atoms in total. The predicted molar refractivity (Wildman–Crippen MR) is 72.8 cm³/mol. The largest absolute Gasteiger partial charge is 0.306 e. The van der Waals surface area contributed by atoms with Crippen molar-refractivity contribution in [3.8, 4) is 0 Å². The van der Waals surface area contributed by atoms with E-state index in [-0.39, 0.29) is 6.04 Å². The van der Waals surface area contributed by atoms with Crippen LogP contribution in [0.3, 0.4) is 0 Å². The molecular weight excluding hydrogens is 251 g/mol. The number of allylic oxidation sites excluding steroid dienone is 1. The molecule has 2 aliphatic rings. The number of rotatable bonds is 2. The van der Waals surface area contributed by atoms with Gasteiger partial charge in [0, 0.05) is 42.4 Å². The first kappa shape index (κ1) is 11.9. The average molecular weight is 265 g/mol. The van der Waals surface area contributed by atoms with E-state index in [1.54, 1.807) is 0 Å². The van der Waals surface area contributed by atoms with E-state index in [1.807, 2.05) is 30.5 Å². The van der Waals surface area contributed by atoms with Gasteiger partial charge >= 0.3 is 0 Å². The molecule has 0 aromatic heterocycles. The molecule has 0 saturated carbocycles. The van der Waals surface area contributed by atoms with Gasteiger partial charge < -0.3 is 5.32 Å². The zero-order valence-corrected chi connectivity index (χ0v) is 10.6. The summed E-state index contributed by atoms with van der Waals surface area (Å²) in [5.41, 5.74) is 3.28. The highest BCUT2D eigenvalue weighted by molar-refractivity contribution is 6.30. The summed E-state index contributed by atoms with van der Waals surface area (Å²) in [6, 6.07) is 7.84. The molecule has 1 saturated heterocycles. The maximum absolute atomic E-state index is 13.1. The van der Waals surface area contributed by atoms with Crippen LogP contribution < -0.4 is 5.32 Å². The van der Waals surface area contributed by atoms with E-state index < -0.39 is 6.17 Å². The summed E-state index contributed by atoms with van der Waals surface area (Å²) in [4.78, 5) is 4.42. The molecule has 3 rings (SSSR count). The fraction of sp³-hybridized carbons (Fsp3) is 0.357. The van der Waals surface area contributed by atoms with Crippen LogP contribution in [-0.4, -0.2) is 24.5 Å². The number of benzene rings is 1. The quantitative estimate of drug-likeness (QED) is 0.871. The molecule has 0 bridgehead atoms. The van der Waals surface area contributed by atoms with Crippen LogP contribution in [0.4, 0.5) is 4.39 Å². The zero-order chi connectivity index (χ0) is 12.5. The summed E-state index contributed by atoms with van der Waals surface area (Å²) in [5.74, 6) is 0. The van der Waals surface area contributed by atoms with E-state index in [2.05, 4.69) is 10.3 Å². The number of nitrogens with zero attached hydrogens (tertiary/aromatic N) is 1. The standard InChI is InChI=1S/C14H14ClFN2/c15-11-3-1-2-9(4-11)10-5-13(17-7-10)14-6-12(16)8-18-14/h1-4,7,12,14,18H,5-6,8H2/t12-,14+/m1/s1. The third-order valence-corrected chi connectivity index (χ3v) is 3.67. The Morgan fingerprint density at radius 1 is 1.39 bits per heavy atom. The van der Waals surface area contributed by atoms with Gasteiger partial charge in [-0.1, -0.05) is 23.7 Å². The lowest BCUT2D eigenvalue weighted by molar-refractivity contribution is 0.359. The molecule has 1 aromatic rings. The SMILES string of the molecule is F[C@H]1CN[C@H](C2=NC=C(c3cccc(Cl)c3)C2)C1. The fourth-order valence-corrected chi connectivity index (χ4v) is 2.66. The van der Waals surface area contributed by atoms with E-state index in [0.29, 0.717) is 13.0 Å². The van der Waals surface area contributed by atoms with Crippen molar-refractivity contribution in [2.24, 2.45) is 4.99 Å². The highest BCUT2D eigenvalue weighted by atomic mass is 35.5. The molecule has 4 heteroatoms. The number of aliphatic imine (C=N–C) groups is 1. The van der Waals surface area contributed by atoms with Crippen molar-refractivity contribution in [2.45, 2.75) is 25.1 Å². The third-order valence-electron chi connectivity index (χ3n) is 3.43. The molecule has 2 aliphatic heterocycles. The Balaban J connectivity index is 1.70. The summed E-state index contributed by atoms with van der Waals surface area (Å²) >= 11 is 5.98. The smallest absolute Gasteiger partial charge is 0.114 e. The first-order valence-corrected chi connectivity index (χ1v) is 6.49. The van der Waals surface area contributed by atoms with Crippen molar-refractivity contribution in [3.63, 3.8) is 0 Å². The summed E-state index contributed by atoms with van der Waals surface area (Å²) in [6.45, 7) is 0.441. The minimum absolute atomic E-state index is 0.0907. The van der Waals surface area contributed by atoms with Crippen molar-refractivity contribution in [2.75, 3.05) is 6.54 Å². The van der Waals surface area contributed by atoms with Gasteiger partial charge in [-0.05, 0) is 23.3 Å². The maximum atomic E-state index is 13.1. The van der Waals surface area contributed by atoms with E-state index in [9.17, 15) is 4.39 Å². The Morgan fingerprint density at radius 2 is 2.28 bits per heavy atom.